The lowest BCUT2D eigenvalue weighted by Crippen LogP contribution is -2.11. The number of carbonyl (C=O) groups excluding carboxylic acids is 1. The molecule has 0 amide bonds. The molecule has 0 aliphatic carbocycles. The molecule has 1 heterocycles. The molecule has 154 valence electrons. The van der Waals surface area contributed by atoms with Gasteiger partial charge in [-0.2, -0.15) is 0 Å². The smallest absolute Gasteiger partial charge is 0.302 e. The number of hydrogen-bond acceptors (Lipinski definition) is 7. The summed E-state index contributed by atoms with van der Waals surface area (Å²) >= 11 is 0. The summed E-state index contributed by atoms with van der Waals surface area (Å²) in [5.74, 6) is 3.33. The number of terminal acetylenes is 1. The molecule has 2 aromatic carbocycles. The van der Waals surface area contributed by atoms with Crippen molar-refractivity contribution < 1.29 is 23.7 Å². The van der Waals surface area contributed by atoms with Crippen LogP contribution in [0.5, 0.6) is 11.5 Å². The summed E-state index contributed by atoms with van der Waals surface area (Å²) < 4.78 is 21.6. The Balaban J connectivity index is 2.02. The normalized spacial score (nSPS) is 10.4. The van der Waals surface area contributed by atoms with E-state index >= 15 is 0 Å². The first-order chi connectivity index (χ1) is 14.6. The second-order valence-corrected chi connectivity index (χ2v) is 6.26. The van der Waals surface area contributed by atoms with Crippen LogP contribution in [-0.2, 0) is 14.3 Å². The van der Waals surface area contributed by atoms with Gasteiger partial charge in [-0.05, 0) is 12.1 Å². The van der Waals surface area contributed by atoms with Crippen molar-refractivity contribution in [3.05, 3.63) is 48.3 Å². The van der Waals surface area contributed by atoms with Gasteiger partial charge in [-0.15, -0.1) is 6.42 Å². The fourth-order valence-electron chi connectivity index (χ4n) is 2.89. The van der Waals surface area contributed by atoms with E-state index in [0.29, 0.717) is 35.9 Å². The van der Waals surface area contributed by atoms with E-state index in [0.717, 1.165) is 16.5 Å². The first-order valence-corrected chi connectivity index (χ1v) is 9.36. The molecule has 0 saturated carbocycles. The van der Waals surface area contributed by atoms with E-state index in [1.54, 1.807) is 13.2 Å². The molecule has 0 unspecified atom stereocenters. The minimum atomic E-state index is -0.363. The number of benzene rings is 2. The van der Waals surface area contributed by atoms with Crippen molar-refractivity contribution >= 4 is 16.9 Å². The minimum Gasteiger partial charge on any atom is -0.487 e. The van der Waals surface area contributed by atoms with Gasteiger partial charge in [0.2, 0.25) is 0 Å². The number of nitrogens with zero attached hydrogens (tertiary/aromatic N) is 2. The van der Waals surface area contributed by atoms with Crippen LogP contribution in [-0.4, -0.2) is 49.5 Å². The Bertz CT molecular complexity index is 1070. The lowest BCUT2D eigenvalue weighted by atomic mass is 10.0. The molecule has 0 spiro atoms. The first-order valence-electron chi connectivity index (χ1n) is 9.36. The zero-order valence-corrected chi connectivity index (χ0v) is 16.9. The summed E-state index contributed by atoms with van der Waals surface area (Å²) in [7, 11) is 1.60. The van der Waals surface area contributed by atoms with E-state index in [4.69, 9.17) is 25.4 Å². The second kappa shape index (κ2) is 10.2. The highest BCUT2D eigenvalue weighted by atomic mass is 16.6. The molecule has 0 aliphatic heterocycles. The Morgan fingerprint density at radius 1 is 1.03 bits per heavy atom. The van der Waals surface area contributed by atoms with Crippen molar-refractivity contribution in [3.63, 3.8) is 0 Å². The third-order valence-electron chi connectivity index (χ3n) is 4.23. The molecule has 0 atom stereocenters. The summed E-state index contributed by atoms with van der Waals surface area (Å²) in [6.45, 7) is 2.43. The fourth-order valence-corrected chi connectivity index (χ4v) is 2.89. The topological polar surface area (TPSA) is 79.8 Å². The van der Waals surface area contributed by atoms with Gasteiger partial charge in [0.25, 0.3) is 0 Å². The van der Waals surface area contributed by atoms with Crippen molar-refractivity contribution in [1.29, 1.82) is 0 Å². The van der Waals surface area contributed by atoms with E-state index in [2.05, 4.69) is 15.9 Å². The highest BCUT2D eigenvalue weighted by molar-refractivity contribution is 5.95. The molecule has 0 aliphatic rings. The van der Waals surface area contributed by atoms with Crippen LogP contribution >= 0.6 is 0 Å². The number of hydrogen-bond donors (Lipinski definition) is 0. The number of rotatable bonds is 9. The summed E-state index contributed by atoms with van der Waals surface area (Å²) in [4.78, 5) is 19.8. The number of esters is 1. The van der Waals surface area contributed by atoms with E-state index in [9.17, 15) is 4.79 Å². The Morgan fingerprint density at radius 3 is 2.50 bits per heavy atom. The summed E-state index contributed by atoms with van der Waals surface area (Å²) in [6.07, 6.45) is 7.15. The molecule has 7 nitrogen and oxygen atoms in total. The maximum absolute atomic E-state index is 10.9. The Kier molecular flexibility index (Phi) is 7.19. The summed E-state index contributed by atoms with van der Waals surface area (Å²) in [5, 5.41) is 0.778. The van der Waals surface area contributed by atoms with Crippen LogP contribution in [0.4, 0.5) is 0 Å². The van der Waals surface area contributed by atoms with E-state index in [1.807, 2.05) is 30.3 Å². The number of fused-ring (bicyclic) bond motifs is 1. The van der Waals surface area contributed by atoms with Crippen molar-refractivity contribution in [3.8, 4) is 35.1 Å². The van der Waals surface area contributed by atoms with Crippen LogP contribution in [0, 0.1) is 12.3 Å². The third-order valence-corrected chi connectivity index (χ3v) is 4.23. The molecule has 0 N–H and O–H groups in total. The van der Waals surface area contributed by atoms with E-state index in [1.165, 1.54) is 13.3 Å². The molecule has 0 bridgehead atoms. The minimum absolute atomic E-state index is 0.134. The zero-order chi connectivity index (χ0) is 21.3. The molecule has 7 heteroatoms. The monoisotopic (exact) mass is 406 g/mol. The summed E-state index contributed by atoms with van der Waals surface area (Å²) in [6, 6.07) is 11.2. The maximum Gasteiger partial charge on any atom is 0.302 e. The molecule has 0 fully saturated rings. The summed E-state index contributed by atoms with van der Waals surface area (Å²) in [5.41, 5.74) is 2.95. The molecule has 3 rings (SSSR count). The predicted molar refractivity (Wildman–Crippen MR) is 112 cm³/mol. The van der Waals surface area contributed by atoms with Gasteiger partial charge in [0, 0.05) is 36.6 Å². The van der Waals surface area contributed by atoms with Gasteiger partial charge in [0.15, 0.2) is 11.5 Å². The lowest BCUT2D eigenvalue weighted by Gasteiger charge is -2.15. The van der Waals surface area contributed by atoms with Crippen molar-refractivity contribution in [2.75, 3.05) is 33.5 Å². The van der Waals surface area contributed by atoms with Gasteiger partial charge in [-0.1, -0.05) is 24.1 Å². The van der Waals surface area contributed by atoms with Crippen molar-refractivity contribution in [2.24, 2.45) is 0 Å². The van der Waals surface area contributed by atoms with Gasteiger partial charge in [0.1, 0.15) is 26.1 Å². The third kappa shape index (κ3) is 5.04. The Morgan fingerprint density at radius 2 is 1.77 bits per heavy atom. The van der Waals surface area contributed by atoms with Crippen molar-refractivity contribution in [1.82, 2.24) is 9.97 Å². The number of methoxy groups -OCH3 is 1. The molecule has 3 aromatic rings. The Labute approximate surface area is 175 Å². The fraction of sp³-hybridized carbons (Fsp3) is 0.261. The van der Waals surface area contributed by atoms with Gasteiger partial charge >= 0.3 is 5.97 Å². The lowest BCUT2D eigenvalue weighted by molar-refractivity contribution is -0.141. The predicted octanol–water partition coefficient (Wildman–Crippen LogP) is 3.25. The zero-order valence-electron chi connectivity index (χ0n) is 16.9. The average Bonchev–Trinajstić information content (AvgIpc) is 2.76. The van der Waals surface area contributed by atoms with Gasteiger partial charge in [-0.3, -0.25) is 4.79 Å². The van der Waals surface area contributed by atoms with Crippen LogP contribution in [0.2, 0.25) is 0 Å². The molecule has 30 heavy (non-hydrogen) atoms. The van der Waals surface area contributed by atoms with Crippen LogP contribution in [0.25, 0.3) is 22.2 Å². The maximum atomic E-state index is 10.9. The first kappa shape index (κ1) is 21.1. The highest BCUT2D eigenvalue weighted by Gasteiger charge is 2.15. The molecule has 0 radical (unpaired) electrons. The second-order valence-electron chi connectivity index (χ2n) is 6.26. The largest absolute Gasteiger partial charge is 0.487 e. The highest BCUT2D eigenvalue weighted by Crippen LogP contribution is 2.36. The molecule has 1 aromatic heterocycles. The van der Waals surface area contributed by atoms with E-state index in [-0.39, 0.29) is 19.2 Å². The SMILES string of the molecule is C#Cc1ccccc1-c1ncnc2cc(OCCOC(C)=O)c(OCCOC)cc12. The molecule has 0 saturated heterocycles. The van der Waals surface area contributed by atoms with Crippen LogP contribution in [0.1, 0.15) is 12.5 Å². The van der Waals surface area contributed by atoms with Gasteiger partial charge < -0.3 is 18.9 Å². The van der Waals surface area contributed by atoms with E-state index < -0.39 is 0 Å². The van der Waals surface area contributed by atoms with Crippen LogP contribution < -0.4 is 9.47 Å². The Hall–Kier alpha value is -3.63. The molecular weight excluding hydrogens is 384 g/mol. The molecular formula is C23H22N2O5. The van der Waals surface area contributed by atoms with Crippen LogP contribution in [0.15, 0.2) is 42.7 Å². The number of carbonyl (C=O) groups is 1. The quantitative estimate of drug-likeness (QED) is 0.307. The van der Waals surface area contributed by atoms with Crippen molar-refractivity contribution in [2.45, 2.75) is 6.92 Å². The number of aromatic nitrogens is 2. The standard InChI is InChI=1S/C23H22N2O5/c1-4-17-7-5-6-8-18(17)23-19-13-21(29-10-9-27-3)22(14-20(19)24-15-25-23)30-12-11-28-16(2)26/h1,5-8,13-15H,9-12H2,2-3H3. The van der Waals surface area contributed by atoms with Gasteiger partial charge in [0.05, 0.1) is 17.8 Å². The number of ether oxygens (including phenoxy) is 4. The average molecular weight is 406 g/mol. The van der Waals surface area contributed by atoms with Gasteiger partial charge in [-0.25, -0.2) is 9.97 Å². The van der Waals surface area contributed by atoms with Crippen LogP contribution in [0.3, 0.4) is 0 Å².